The number of nitrogens with one attached hydrogen (secondary N) is 2. The quantitative estimate of drug-likeness (QED) is 0.329. The molecular weight excluding hydrogens is 454 g/mol. The summed E-state index contributed by atoms with van der Waals surface area (Å²) in [5, 5.41) is 19.2. The van der Waals surface area contributed by atoms with Gasteiger partial charge in [-0.2, -0.15) is 0 Å². The average molecular weight is 484 g/mol. The van der Waals surface area contributed by atoms with E-state index in [1.807, 2.05) is 18.2 Å². The van der Waals surface area contributed by atoms with Crippen LogP contribution in [0.3, 0.4) is 0 Å². The molecule has 0 aliphatic heterocycles. The number of carbonyl (C=O) groups excluding carboxylic acids is 1. The Bertz CT molecular complexity index is 1100. The first-order valence-electron chi connectivity index (χ1n) is 11.8. The molecule has 9 heteroatoms. The summed E-state index contributed by atoms with van der Waals surface area (Å²) in [6.45, 7) is 0.766. The van der Waals surface area contributed by atoms with E-state index in [-0.39, 0.29) is 12.4 Å². The maximum atomic E-state index is 12.7. The molecule has 1 fully saturated rings. The lowest BCUT2D eigenvalue weighted by molar-refractivity contribution is 0.101. The average Bonchev–Trinajstić information content (AvgIpc) is 3.53. The zero-order valence-electron chi connectivity index (χ0n) is 19.1. The van der Waals surface area contributed by atoms with E-state index in [0.717, 1.165) is 42.6 Å². The first kappa shape index (κ1) is 24.2. The number of aromatic amines is 1. The Morgan fingerprint density at radius 3 is 2.85 bits per heavy atom. The zero-order valence-corrected chi connectivity index (χ0v) is 19.9. The molecule has 180 valence electrons. The minimum atomic E-state index is -0.412. The number of ether oxygens (including phenoxy) is 1. The van der Waals surface area contributed by atoms with E-state index in [4.69, 9.17) is 21.4 Å². The molecule has 1 aromatic carbocycles. The van der Waals surface area contributed by atoms with Gasteiger partial charge in [0.1, 0.15) is 17.4 Å². The predicted octanol–water partition coefficient (Wildman–Crippen LogP) is 5.05. The Balaban J connectivity index is 1.40. The number of aromatic nitrogens is 4. The molecule has 3 N–H and O–H groups in total. The number of H-pyrrole nitrogens is 1. The van der Waals surface area contributed by atoms with Crippen LogP contribution in [0, 0.1) is 5.92 Å². The summed E-state index contributed by atoms with van der Waals surface area (Å²) in [5.41, 5.74) is 1.59. The molecule has 1 saturated carbocycles. The number of unbranched alkanes of at least 4 members (excludes halogenated alkanes) is 2. The molecule has 1 amide bonds. The summed E-state index contributed by atoms with van der Waals surface area (Å²) < 4.78 is 5.83. The van der Waals surface area contributed by atoms with Gasteiger partial charge in [0.15, 0.2) is 0 Å². The number of aliphatic hydroxyl groups is 1. The number of hydrogen-bond donors (Lipinski definition) is 3. The van der Waals surface area contributed by atoms with Crippen LogP contribution in [-0.4, -0.2) is 44.4 Å². The molecule has 1 aliphatic rings. The van der Waals surface area contributed by atoms with E-state index in [9.17, 15) is 4.79 Å². The second-order valence-electron chi connectivity index (χ2n) is 8.62. The van der Waals surface area contributed by atoms with Gasteiger partial charge in [-0.3, -0.25) is 9.89 Å². The number of rotatable bonds is 11. The summed E-state index contributed by atoms with van der Waals surface area (Å²) in [6.07, 6.45) is 9.94. The maximum Gasteiger partial charge on any atom is 0.296 e. The summed E-state index contributed by atoms with van der Waals surface area (Å²) >= 11 is 6.44. The Kier molecular flexibility index (Phi) is 8.49. The van der Waals surface area contributed by atoms with Crippen molar-refractivity contribution in [2.24, 2.45) is 5.92 Å². The number of pyridine rings is 1. The first-order valence-corrected chi connectivity index (χ1v) is 12.2. The molecule has 0 radical (unpaired) electrons. The maximum absolute atomic E-state index is 12.7. The van der Waals surface area contributed by atoms with Crippen molar-refractivity contribution < 1.29 is 14.6 Å². The van der Waals surface area contributed by atoms with Crippen LogP contribution in [0.1, 0.15) is 61.4 Å². The lowest BCUT2D eigenvalue weighted by Gasteiger charge is -2.11. The molecule has 4 rings (SSSR count). The minimum Gasteiger partial charge on any atom is -0.494 e. The van der Waals surface area contributed by atoms with Gasteiger partial charge in [-0.05, 0) is 61.1 Å². The molecule has 8 nitrogen and oxygen atoms in total. The van der Waals surface area contributed by atoms with Gasteiger partial charge in [-0.25, -0.2) is 9.97 Å². The second kappa shape index (κ2) is 11.9. The van der Waals surface area contributed by atoms with Gasteiger partial charge in [-0.15, -0.1) is 5.10 Å². The van der Waals surface area contributed by atoms with Crippen LogP contribution in [0.15, 0.2) is 36.5 Å². The van der Waals surface area contributed by atoms with Crippen LogP contribution in [0.4, 0.5) is 5.82 Å². The molecule has 0 saturated heterocycles. The van der Waals surface area contributed by atoms with Crippen LogP contribution in [0.25, 0.3) is 11.1 Å². The predicted molar refractivity (Wildman–Crippen MR) is 131 cm³/mol. The van der Waals surface area contributed by atoms with Crippen molar-refractivity contribution in [1.29, 1.82) is 0 Å². The molecule has 0 unspecified atom stereocenters. The van der Waals surface area contributed by atoms with Crippen LogP contribution in [-0.2, 0) is 6.42 Å². The molecule has 0 atom stereocenters. The van der Waals surface area contributed by atoms with Crippen LogP contribution in [0.5, 0.6) is 5.75 Å². The number of aliphatic hydroxyl groups excluding tert-OH is 1. The van der Waals surface area contributed by atoms with Crippen molar-refractivity contribution in [2.75, 3.05) is 18.5 Å². The van der Waals surface area contributed by atoms with Crippen molar-refractivity contribution in [3.63, 3.8) is 0 Å². The second-order valence-corrected chi connectivity index (χ2v) is 9.03. The third kappa shape index (κ3) is 6.55. The third-order valence-electron chi connectivity index (χ3n) is 6.01. The molecule has 34 heavy (non-hydrogen) atoms. The summed E-state index contributed by atoms with van der Waals surface area (Å²) in [4.78, 5) is 21.3. The summed E-state index contributed by atoms with van der Waals surface area (Å²) in [7, 11) is 0. The fourth-order valence-electron chi connectivity index (χ4n) is 4.21. The van der Waals surface area contributed by atoms with Crippen molar-refractivity contribution in [2.45, 2.75) is 51.4 Å². The zero-order chi connectivity index (χ0) is 23.8. The highest BCUT2D eigenvalue weighted by molar-refractivity contribution is 6.33. The van der Waals surface area contributed by atoms with E-state index in [1.165, 1.54) is 25.7 Å². The normalized spacial score (nSPS) is 13.8. The molecule has 2 aromatic heterocycles. The van der Waals surface area contributed by atoms with Crippen LogP contribution < -0.4 is 10.1 Å². The van der Waals surface area contributed by atoms with E-state index < -0.39 is 5.91 Å². The lowest BCUT2D eigenvalue weighted by atomic mass is 10.0. The molecule has 0 bridgehead atoms. The molecule has 0 spiro atoms. The third-order valence-corrected chi connectivity index (χ3v) is 6.34. The van der Waals surface area contributed by atoms with Gasteiger partial charge in [0, 0.05) is 29.8 Å². The van der Waals surface area contributed by atoms with Gasteiger partial charge < -0.3 is 15.2 Å². The van der Waals surface area contributed by atoms with Crippen molar-refractivity contribution >= 4 is 23.3 Å². The topological polar surface area (TPSA) is 113 Å². The highest BCUT2D eigenvalue weighted by Gasteiger charge is 2.19. The van der Waals surface area contributed by atoms with Gasteiger partial charge in [0.2, 0.25) is 5.82 Å². The van der Waals surface area contributed by atoms with Crippen molar-refractivity contribution in [3.8, 4) is 16.9 Å². The number of carbonyl (C=O) groups is 1. The van der Waals surface area contributed by atoms with Crippen LogP contribution in [0.2, 0.25) is 5.02 Å². The van der Waals surface area contributed by atoms with E-state index in [2.05, 4.69) is 25.5 Å². The summed E-state index contributed by atoms with van der Waals surface area (Å²) in [5.74, 6) is 2.16. The van der Waals surface area contributed by atoms with E-state index >= 15 is 0 Å². The van der Waals surface area contributed by atoms with Crippen LogP contribution >= 0.6 is 11.6 Å². The van der Waals surface area contributed by atoms with Gasteiger partial charge in [0.25, 0.3) is 5.91 Å². The Hall–Kier alpha value is -2.97. The number of benzene rings is 1. The smallest absolute Gasteiger partial charge is 0.296 e. The molecule has 3 aromatic rings. The van der Waals surface area contributed by atoms with Gasteiger partial charge in [0.05, 0.1) is 6.61 Å². The molecular formula is C25H30ClN5O3. The Morgan fingerprint density at radius 1 is 1.18 bits per heavy atom. The standard InChI is InChI=1S/C25H30ClN5O3/c26-21-9-8-19(34-13-5-1-4-12-32)16-20(21)18-10-11-27-22(15-18)29-25(33)24-28-23(30-31-24)14-17-6-2-3-7-17/h8-11,15-17,32H,1-7,12-14H2,(H,27,29,33)(H,28,30,31). The number of amides is 1. The number of nitrogens with zero attached hydrogens (tertiary/aromatic N) is 3. The SMILES string of the molecule is O=C(Nc1cc(-c2cc(OCCCCCO)ccc2Cl)ccn1)c1n[nH]c(CC2CCCC2)n1. The lowest BCUT2D eigenvalue weighted by Crippen LogP contribution is -2.15. The number of halogens is 1. The Labute approximate surface area is 204 Å². The minimum absolute atomic E-state index is 0.106. The highest BCUT2D eigenvalue weighted by Crippen LogP contribution is 2.32. The van der Waals surface area contributed by atoms with Gasteiger partial charge in [-0.1, -0.05) is 37.3 Å². The Morgan fingerprint density at radius 2 is 2.03 bits per heavy atom. The highest BCUT2D eigenvalue weighted by atomic mass is 35.5. The van der Waals surface area contributed by atoms with Gasteiger partial charge >= 0.3 is 0 Å². The molecule has 2 heterocycles. The fourth-order valence-corrected chi connectivity index (χ4v) is 4.44. The first-order chi connectivity index (χ1) is 16.6. The largest absolute Gasteiger partial charge is 0.494 e. The monoisotopic (exact) mass is 483 g/mol. The fraction of sp³-hybridized carbons (Fsp3) is 0.440. The van der Waals surface area contributed by atoms with Crippen molar-refractivity contribution in [3.05, 3.63) is 53.2 Å². The number of anilines is 1. The summed E-state index contributed by atoms with van der Waals surface area (Å²) in [6, 6.07) is 9.08. The van der Waals surface area contributed by atoms with E-state index in [0.29, 0.717) is 29.1 Å². The van der Waals surface area contributed by atoms with E-state index in [1.54, 1.807) is 18.3 Å². The number of hydrogen-bond acceptors (Lipinski definition) is 6. The molecule has 1 aliphatic carbocycles. The van der Waals surface area contributed by atoms with Crippen molar-refractivity contribution in [1.82, 2.24) is 20.2 Å².